The van der Waals surface area contributed by atoms with Crippen molar-refractivity contribution in [3.8, 4) is 6.07 Å². The molecule has 2 N–H and O–H groups in total. The molecule has 0 saturated carbocycles. The lowest BCUT2D eigenvalue weighted by Gasteiger charge is -2.28. The molecule has 1 aromatic rings. The zero-order valence-corrected chi connectivity index (χ0v) is 14.7. The molecule has 7 heteroatoms. The minimum atomic E-state index is -1.35. The first-order chi connectivity index (χ1) is 11.6. The highest BCUT2D eigenvalue weighted by Crippen LogP contribution is 2.24. The van der Waals surface area contributed by atoms with Gasteiger partial charge in [-0.2, -0.15) is 5.26 Å². The highest BCUT2D eigenvalue weighted by molar-refractivity contribution is 5.85. The normalized spacial score (nSPS) is 20.7. The van der Waals surface area contributed by atoms with Gasteiger partial charge in [-0.25, -0.2) is 9.59 Å². The summed E-state index contributed by atoms with van der Waals surface area (Å²) in [7, 11) is 0. The molecule has 1 saturated heterocycles. The molecule has 1 aromatic carbocycles. The lowest BCUT2D eigenvalue weighted by Crippen LogP contribution is -2.57. The molecule has 1 amide bonds. The summed E-state index contributed by atoms with van der Waals surface area (Å²) < 4.78 is 5.19. The van der Waals surface area contributed by atoms with Crippen molar-refractivity contribution < 1.29 is 19.4 Å². The summed E-state index contributed by atoms with van der Waals surface area (Å²) in [4.78, 5) is 25.8. The van der Waals surface area contributed by atoms with Crippen molar-refractivity contribution >= 4 is 12.1 Å². The van der Waals surface area contributed by atoms with E-state index in [0.717, 1.165) is 5.56 Å². The van der Waals surface area contributed by atoms with Gasteiger partial charge in [-0.1, -0.05) is 12.1 Å². The number of carbonyl (C=O) groups excluding carboxylic acids is 1. The van der Waals surface area contributed by atoms with Gasteiger partial charge in [-0.3, -0.25) is 4.90 Å². The Kier molecular flexibility index (Phi) is 5.33. The van der Waals surface area contributed by atoms with Crippen LogP contribution in [-0.4, -0.2) is 46.3 Å². The zero-order chi connectivity index (χ0) is 18.7. The maximum atomic E-state index is 12.0. The van der Waals surface area contributed by atoms with Crippen molar-refractivity contribution in [2.24, 2.45) is 0 Å². The van der Waals surface area contributed by atoms with Crippen LogP contribution in [0.2, 0.25) is 0 Å². The van der Waals surface area contributed by atoms with Crippen LogP contribution >= 0.6 is 0 Å². The molecule has 2 rings (SSSR count). The number of carboxylic acid groups (broad SMARTS) is 1. The Balaban J connectivity index is 2.03. The fourth-order valence-corrected chi connectivity index (χ4v) is 2.80. The van der Waals surface area contributed by atoms with Gasteiger partial charge in [0, 0.05) is 19.6 Å². The number of nitrogens with zero attached hydrogens (tertiary/aromatic N) is 2. The van der Waals surface area contributed by atoms with Crippen LogP contribution in [0.5, 0.6) is 0 Å². The van der Waals surface area contributed by atoms with E-state index in [4.69, 9.17) is 10.00 Å². The van der Waals surface area contributed by atoms with Crippen LogP contribution in [0.25, 0.3) is 0 Å². The standard InChI is InChI=1S/C18H23N3O4/c1-17(2,3)25-16(24)20-18(15(22)23)8-9-21(12-18)11-14-6-4-13(10-19)5-7-14/h4-7H,8-9,11-12H2,1-3H3,(H,20,24)(H,22,23). The van der Waals surface area contributed by atoms with E-state index in [1.54, 1.807) is 32.9 Å². The second kappa shape index (κ2) is 7.11. The van der Waals surface area contributed by atoms with Crippen LogP contribution in [0, 0.1) is 11.3 Å². The smallest absolute Gasteiger partial charge is 0.408 e. The maximum absolute atomic E-state index is 12.0. The predicted octanol–water partition coefficient (Wildman–Crippen LogP) is 2.11. The summed E-state index contributed by atoms with van der Waals surface area (Å²) in [5.41, 5.74) is -0.478. The van der Waals surface area contributed by atoms with Crippen LogP contribution < -0.4 is 5.32 Å². The summed E-state index contributed by atoms with van der Waals surface area (Å²) >= 11 is 0. The van der Waals surface area contributed by atoms with Gasteiger partial charge >= 0.3 is 12.1 Å². The largest absolute Gasteiger partial charge is 0.479 e. The Morgan fingerprint density at radius 1 is 1.36 bits per heavy atom. The quantitative estimate of drug-likeness (QED) is 0.866. The monoisotopic (exact) mass is 345 g/mol. The van der Waals surface area contributed by atoms with E-state index in [0.29, 0.717) is 25.1 Å². The van der Waals surface area contributed by atoms with Crippen molar-refractivity contribution in [2.45, 2.75) is 44.9 Å². The van der Waals surface area contributed by atoms with Gasteiger partial charge in [0.2, 0.25) is 0 Å². The van der Waals surface area contributed by atoms with Crippen molar-refractivity contribution in [1.29, 1.82) is 5.26 Å². The number of likely N-dealkylation sites (tertiary alicyclic amines) is 1. The molecule has 1 atom stereocenters. The van der Waals surface area contributed by atoms with Crippen molar-refractivity contribution in [1.82, 2.24) is 10.2 Å². The van der Waals surface area contributed by atoms with Gasteiger partial charge in [-0.05, 0) is 44.9 Å². The summed E-state index contributed by atoms with van der Waals surface area (Å²) in [6.07, 6.45) is -0.423. The molecule has 25 heavy (non-hydrogen) atoms. The van der Waals surface area contributed by atoms with E-state index in [1.165, 1.54) is 0 Å². The van der Waals surface area contributed by atoms with E-state index in [9.17, 15) is 14.7 Å². The number of nitriles is 1. The van der Waals surface area contributed by atoms with Gasteiger partial charge < -0.3 is 15.2 Å². The Morgan fingerprint density at radius 2 is 2.00 bits per heavy atom. The molecule has 7 nitrogen and oxygen atoms in total. The van der Waals surface area contributed by atoms with Crippen LogP contribution in [-0.2, 0) is 16.1 Å². The number of alkyl carbamates (subject to hydrolysis) is 1. The van der Waals surface area contributed by atoms with Gasteiger partial charge in [0.05, 0.1) is 11.6 Å². The Morgan fingerprint density at radius 3 is 2.52 bits per heavy atom. The lowest BCUT2D eigenvalue weighted by molar-refractivity contribution is -0.144. The molecular weight excluding hydrogens is 322 g/mol. The summed E-state index contributed by atoms with van der Waals surface area (Å²) in [6.45, 7) is 6.48. The molecule has 1 aliphatic heterocycles. The number of rotatable bonds is 4. The third kappa shape index (κ3) is 4.94. The molecule has 0 aromatic heterocycles. The number of aliphatic carboxylic acids is 1. The first-order valence-electron chi connectivity index (χ1n) is 8.09. The Hall–Kier alpha value is -2.59. The number of carbonyl (C=O) groups is 2. The number of hydrogen-bond donors (Lipinski definition) is 2. The molecule has 134 valence electrons. The third-order valence-corrected chi connectivity index (χ3v) is 3.99. The SMILES string of the molecule is CC(C)(C)OC(=O)NC1(C(=O)O)CCN(Cc2ccc(C#N)cc2)C1. The average Bonchev–Trinajstić information content (AvgIpc) is 2.90. The highest BCUT2D eigenvalue weighted by Gasteiger charge is 2.46. The first kappa shape index (κ1) is 18.7. The molecule has 0 radical (unpaired) electrons. The Labute approximate surface area is 147 Å². The minimum absolute atomic E-state index is 0.196. The fraction of sp³-hybridized carbons (Fsp3) is 0.500. The maximum Gasteiger partial charge on any atom is 0.408 e. The summed E-state index contributed by atoms with van der Waals surface area (Å²) in [6, 6.07) is 9.22. The summed E-state index contributed by atoms with van der Waals surface area (Å²) in [5, 5.41) is 21.0. The molecule has 1 aliphatic rings. The number of carboxylic acids is 1. The van der Waals surface area contributed by atoms with Crippen LogP contribution in [0.3, 0.4) is 0 Å². The molecule has 1 heterocycles. The molecule has 0 spiro atoms. The van der Waals surface area contributed by atoms with Crippen molar-refractivity contribution in [3.63, 3.8) is 0 Å². The molecular formula is C18H23N3O4. The number of ether oxygens (including phenoxy) is 1. The average molecular weight is 345 g/mol. The molecule has 1 unspecified atom stereocenters. The topological polar surface area (TPSA) is 103 Å². The Bertz CT molecular complexity index is 688. The lowest BCUT2D eigenvalue weighted by atomic mass is 9.99. The number of benzene rings is 1. The molecule has 0 bridgehead atoms. The van der Waals surface area contributed by atoms with E-state index >= 15 is 0 Å². The van der Waals surface area contributed by atoms with E-state index in [2.05, 4.69) is 11.4 Å². The molecule has 1 fully saturated rings. The van der Waals surface area contributed by atoms with Gasteiger partial charge in [0.1, 0.15) is 5.60 Å². The van der Waals surface area contributed by atoms with Crippen LogP contribution in [0.15, 0.2) is 24.3 Å². The third-order valence-electron chi connectivity index (χ3n) is 3.99. The first-order valence-corrected chi connectivity index (χ1v) is 8.09. The van der Waals surface area contributed by atoms with Crippen LogP contribution in [0.4, 0.5) is 4.79 Å². The van der Waals surface area contributed by atoms with Crippen LogP contribution in [0.1, 0.15) is 38.3 Å². The van der Waals surface area contributed by atoms with E-state index in [-0.39, 0.29) is 6.54 Å². The summed E-state index contributed by atoms with van der Waals surface area (Å²) in [5.74, 6) is -1.07. The second-order valence-corrected chi connectivity index (χ2v) is 7.28. The minimum Gasteiger partial charge on any atom is -0.479 e. The van der Waals surface area contributed by atoms with E-state index < -0.39 is 23.2 Å². The van der Waals surface area contributed by atoms with E-state index in [1.807, 2.05) is 17.0 Å². The number of hydrogen-bond acceptors (Lipinski definition) is 5. The zero-order valence-electron chi connectivity index (χ0n) is 14.7. The number of nitrogens with one attached hydrogen (secondary N) is 1. The van der Waals surface area contributed by atoms with Crippen molar-refractivity contribution in [3.05, 3.63) is 35.4 Å². The highest BCUT2D eigenvalue weighted by atomic mass is 16.6. The van der Waals surface area contributed by atoms with Crippen molar-refractivity contribution in [2.75, 3.05) is 13.1 Å². The predicted molar refractivity (Wildman–Crippen MR) is 90.8 cm³/mol. The van der Waals surface area contributed by atoms with Gasteiger partial charge in [0.15, 0.2) is 5.54 Å². The fourth-order valence-electron chi connectivity index (χ4n) is 2.80. The molecule has 0 aliphatic carbocycles. The van der Waals surface area contributed by atoms with Gasteiger partial charge in [0.25, 0.3) is 0 Å². The number of amides is 1. The second-order valence-electron chi connectivity index (χ2n) is 7.28. The van der Waals surface area contributed by atoms with Gasteiger partial charge in [-0.15, -0.1) is 0 Å².